The molecule has 1 atom stereocenters. The molecule has 0 spiro atoms. The quantitative estimate of drug-likeness (QED) is 0.690. The lowest BCUT2D eigenvalue weighted by molar-refractivity contribution is -0.117. The van der Waals surface area contributed by atoms with Gasteiger partial charge in [-0.15, -0.1) is 0 Å². The molecule has 3 heterocycles. The van der Waals surface area contributed by atoms with Crippen LogP contribution in [0.1, 0.15) is 23.7 Å². The number of nitrogens with zero attached hydrogens (tertiary/aromatic N) is 5. The number of aromatic nitrogens is 4. The number of carbonyl (C=O) groups is 1. The van der Waals surface area contributed by atoms with Crippen molar-refractivity contribution in [1.29, 1.82) is 0 Å². The van der Waals surface area contributed by atoms with Gasteiger partial charge in [-0.25, -0.2) is 9.37 Å². The topological polar surface area (TPSA) is 88.0 Å². The Kier molecular flexibility index (Phi) is 4.87. The highest BCUT2D eigenvalue weighted by atomic mass is 19.1. The molecule has 8 nitrogen and oxygen atoms in total. The second-order valence-electron chi connectivity index (χ2n) is 7.13. The van der Waals surface area contributed by atoms with Gasteiger partial charge in [0.05, 0.1) is 18.4 Å². The molecule has 2 aromatic heterocycles. The summed E-state index contributed by atoms with van der Waals surface area (Å²) in [6, 6.07) is 6.08. The van der Waals surface area contributed by atoms with Crippen LogP contribution in [0.5, 0.6) is 0 Å². The van der Waals surface area contributed by atoms with Gasteiger partial charge in [-0.2, -0.15) is 10.1 Å². The normalized spacial score (nSPS) is 15.8. The Morgan fingerprint density at radius 2 is 1.97 bits per heavy atom. The lowest BCUT2D eigenvalue weighted by atomic mass is 10.2. The Morgan fingerprint density at radius 1 is 1.21 bits per heavy atom. The summed E-state index contributed by atoms with van der Waals surface area (Å²) in [5.41, 5.74) is 3.30. The number of amides is 1. The number of hydrogen-bond donors (Lipinski definition) is 2. The third-order valence-electron chi connectivity index (χ3n) is 5.01. The third-order valence-corrected chi connectivity index (χ3v) is 5.01. The molecule has 1 amide bonds. The van der Waals surface area contributed by atoms with E-state index in [4.69, 9.17) is 0 Å². The van der Waals surface area contributed by atoms with Crippen LogP contribution in [0.15, 0.2) is 36.7 Å². The first-order valence-electron chi connectivity index (χ1n) is 9.32. The number of anilines is 3. The van der Waals surface area contributed by atoms with Gasteiger partial charge >= 0.3 is 0 Å². The van der Waals surface area contributed by atoms with Crippen molar-refractivity contribution in [2.75, 3.05) is 22.6 Å². The van der Waals surface area contributed by atoms with Crippen molar-refractivity contribution >= 4 is 23.4 Å². The zero-order chi connectivity index (χ0) is 20.5. The molecule has 0 unspecified atom stereocenters. The maximum Gasteiger partial charge on any atom is 0.246 e. The van der Waals surface area contributed by atoms with Crippen LogP contribution in [-0.2, 0) is 17.9 Å². The molecule has 0 bridgehead atoms. The zero-order valence-electron chi connectivity index (χ0n) is 16.5. The lowest BCUT2D eigenvalue weighted by Crippen LogP contribution is -2.44. The molecule has 1 aliphatic heterocycles. The van der Waals surface area contributed by atoms with Crippen LogP contribution in [0.3, 0.4) is 0 Å². The molecule has 29 heavy (non-hydrogen) atoms. The van der Waals surface area contributed by atoms with E-state index < -0.39 is 0 Å². The second-order valence-corrected chi connectivity index (χ2v) is 7.13. The van der Waals surface area contributed by atoms with Crippen LogP contribution < -0.4 is 15.5 Å². The Bertz CT molecular complexity index is 1050. The summed E-state index contributed by atoms with van der Waals surface area (Å²) in [5, 5.41) is 10.4. The van der Waals surface area contributed by atoms with Crippen molar-refractivity contribution in [3.8, 4) is 0 Å². The molecule has 3 aromatic rings. The second kappa shape index (κ2) is 7.50. The molecule has 150 valence electrons. The number of halogens is 1. The number of carbonyl (C=O) groups excluding carboxylic acids is 1. The van der Waals surface area contributed by atoms with Gasteiger partial charge in [-0.1, -0.05) is 12.1 Å². The molecule has 0 saturated heterocycles. The summed E-state index contributed by atoms with van der Waals surface area (Å²) >= 11 is 0. The molecule has 0 radical (unpaired) electrons. The Morgan fingerprint density at radius 3 is 2.72 bits per heavy atom. The number of rotatable bonds is 5. The first-order chi connectivity index (χ1) is 13.9. The van der Waals surface area contributed by atoms with Crippen molar-refractivity contribution in [1.82, 2.24) is 19.7 Å². The number of fused-ring (bicyclic) bond motifs is 1. The van der Waals surface area contributed by atoms with E-state index in [-0.39, 0.29) is 17.8 Å². The van der Waals surface area contributed by atoms with Crippen LogP contribution in [0, 0.1) is 12.7 Å². The van der Waals surface area contributed by atoms with Gasteiger partial charge in [0.25, 0.3) is 0 Å². The van der Waals surface area contributed by atoms with Crippen molar-refractivity contribution in [3.63, 3.8) is 0 Å². The molecule has 9 heteroatoms. The maximum atomic E-state index is 13.0. The number of aryl methyl sites for hydroxylation is 1. The van der Waals surface area contributed by atoms with E-state index in [0.717, 1.165) is 11.1 Å². The number of benzene rings is 1. The van der Waals surface area contributed by atoms with Gasteiger partial charge in [0.2, 0.25) is 11.9 Å². The van der Waals surface area contributed by atoms with E-state index in [1.165, 1.54) is 12.1 Å². The first-order valence-corrected chi connectivity index (χ1v) is 9.32. The minimum absolute atomic E-state index is 0.0685. The molecule has 1 aliphatic rings. The molecule has 0 fully saturated rings. The van der Waals surface area contributed by atoms with Crippen LogP contribution >= 0.6 is 0 Å². The number of likely N-dealkylation sites (N-methyl/N-ethyl adjacent to an activating group) is 1. The molecule has 0 saturated carbocycles. The SMILES string of the molecule is Cc1nc(NCc2cnn(Cc3ccc(F)cc3)c2)nc2c1NC(=O)[C@H](C)N2C. The maximum absolute atomic E-state index is 13.0. The molecule has 2 N–H and O–H groups in total. The smallest absolute Gasteiger partial charge is 0.246 e. The minimum Gasteiger partial charge on any atom is -0.350 e. The predicted octanol–water partition coefficient (Wildman–Crippen LogP) is 2.56. The summed E-state index contributed by atoms with van der Waals surface area (Å²) in [7, 11) is 1.85. The van der Waals surface area contributed by atoms with E-state index in [1.54, 1.807) is 23.0 Å². The van der Waals surface area contributed by atoms with Crippen molar-refractivity contribution in [3.05, 3.63) is 59.3 Å². The van der Waals surface area contributed by atoms with Gasteiger partial charge in [-0.05, 0) is 31.5 Å². The van der Waals surface area contributed by atoms with Crippen molar-refractivity contribution in [2.45, 2.75) is 33.0 Å². The summed E-state index contributed by atoms with van der Waals surface area (Å²) in [6.45, 7) is 4.75. The Hall–Kier alpha value is -3.49. The first kappa shape index (κ1) is 18.9. The van der Waals surface area contributed by atoms with Crippen molar-refractivity contribution < 1.29 is 9.18 Å². The molecule has 4 rings (SSSR count). The monoisotopic (exact) mass is 395 g/mol. The van der Waals surface area contributed by atoms with Crippen LogP contribution in [0.2, 0.25) is 0 Å². The lowest BCUT2D eigenvalue weighted by Gasteiger charge is -2.32. The number of hydrogen-bond acceptors (Lipinski definition) is 6. The predicted molar refractivity (Wildman–Crippen MR) is 108 cm³/mol. The minimum atomic E-state index is -0.297. The molecular formula is C20H22FN7O. The third kappa shape index (κ3) is 3.89. The van der Waals surface area contributed by atoms with Crippen LogP contribution in [-0.4, -0.2) is 38.7 Å². The van der Waals surface area contributed by atoms with E-state index in [1.807, 2.05) is 32.0 Å². The Labute approximate surface area is 167 Å². The van der Waals surface area contributed by atoms with Gasteiger partial charge in [0.15, 0.2) is 5.82 Å². The summed E-state index contributed by atoms with van der Waals surface area (Å²) in [5.74, 6) is 0.863. The van der Waals surface area contributed by atoms with Gasteiger partial charge < -0.3 is 15.5 Å². The zero-order valence-corrected chi connectivity index (χ0v) is 16.5. The molecular weight excluding hydrogens is 373 g/mol. The number of nitrogens with one attached hydrogen (secondary N) is 2. The largest absolute Gasteiger partial charge is 0.350 e. The fourth-order valence-corrected chi connectivity index (χ4v) is 3.17. The van der Waals surface area contributed by atoms with Gasteiger partial charge in [0.1, 0.15) is 17.5 Å². The Balaban J connectivity index is 1.45. The highest BCUT2D eigenvalue weighted by Crippen LogP contribution is 2.32. The van der Waals surface area contributed by atoms with Crippen molar-refractivity contribution in [2.24, 2.45) is 0 Å². The van der Waals surface area contributed by atoms with E-state index in [2.05, 4.69) is 25.7 Å². The molecule has 1 aromatic carbocycles. The van der Waals surface area contributed by atoms with Gasteiger partial charge in [0, 0.05) is 25.4 Å². The van der Waals surface area contributed by atoms with E-state index >= 15 is 0 Å². The highest BCUT2D eigenvalue weighted by molar-refractivity contribution is 6.03. The van der Waals surface area contributed by atoms with Gasteiger partial charge in [-0.3, -0.25) is 9.48 Å². The summed E-state index contributed by atoms with van der Waals surface area (Å²) in [4.78, 5) is 22.9. The summed E-state index contributed by atoms with van der Waals surface area (Å²) in [6.07, 6.45) is 3.70. The fraction of sp³-hybridized carbons (Fsp3) is 0.300. The summed E-state index contributed by atoms with van der Waals surface area (Å²) < 4.78 is 14.8. The van der Waals surface area contributed by atoms with Crippen LogP contribution in [0.25, 0.3) is 0 Å². The fourth-order valence-electron chi connectivity index (χ4n) is 3.17. The average Bonchev–Trinajstić information content (AvgIpc) is 3.15. The van der Waals surface area contributed by atoms with E-state index in [0.29, 0.717) is 36.2 Å². The average molecular weight is 395 g/mol. The highest BCUT2D eigenvalue weighted by Gasteiger charge is 2.30. The van der Waals surface area contributed by atoms with Crippen LogP contribution in [0.4, 0.5) is 21.8 Å². The molecule has 0 aliphatic carbocycles. The standard InChI is InChI=1S/C20H22FN7O/c1-12-17-18(27(3)13(2)19(29)25-17)26-20(24-12)22-8-15-9-23-28(11-15)10-14-4-6-16(21)7-5-14/h4-7,9,11,13H,8,10H2,1-3H3,(H,25,29)(H,22,24,26)/t13-/m0/s1. The van der Waals surface area contributed by atoms with E-state index in [9.17, 15) is 9.18 Å².